The molecular weight excluding hydrogens is 432 g/mol. The molecule has 0 atom stereocenters. The molecule has 31 heavy (non-hydrogen) atoms. The van der Waals surface area contributed by atoms with E-state index in [-0.39, 0.29) is 16.2 Å². The Morgan fingerprint density at radius 3 is 2.10 bits per heavy atom. The van der Waals surface area contributed by atoms with Crippen molar-refractivity contribution in [1.82, 2.24) is 0 Å². The maximum absolute atomic E-state index is 12.7. The van der Waals surface area contributed by atoms with Gasteiger partial charge in [0.05, 0.1) is 10.6 Å². The summed E-state index contributed by atoms with van der Waals surface area (Å²) in [6.45, 7) is 8.08. The molecule has 0 bridgehead atoms. The lowest BCUT2D eigenvalue weighted by atomic mass is 9.87. The molecule has 0 aromatic heterocycles. The number of amides is 1. The monoisotopic (exact) mass is 456 g/mol. The zero-order valence-electron chi connectivity index (χ0n) is 17.9. The van der Waals surface area contributed by atoms with Gasteiger partial charge in [0.15, 0.2) is 0 Å². The van der Waals surface area contributed by atoms with Crippen LogP contribution in [0.1, 0.15) is 42.3 Å². The molecular formula is C24H25ClN2O3S. The molecule has 7 heteroatoms. The van der Waals surface area contributed by atoms with Gasteiger partial charge in [0.1, 0.15) is 0 Å². The number of nitrogens with one attached hydrogen (secondary N) is 2. The van der Waals surface area contributed by atoms with Gasteiger partial charge in [0, 0.05) is 16.3 Å². The van der Waals surface area contributed by atoms with Crippen LogP contribution in [0.5, 0.6) is 0 Å². The van der Waals surface area contributed by atoms with Gasteiger partial charge in [-0.3, -0.25) is 9.52 Å². The van der Waals surface area contributed by atoms with E-state index in [0.29, 0.717) is 27.5 Å². The third-order valence-corrected chi connectivity index (χ3v) is 6.74. The Hall–Kier alpha value is -2.83. The van der Waals surface area contributed by atoms with Crippen LogP contribution in [-0.2, 0) is 15.4 Å². The van der Waals surface area contributed by atoms with E-state index >= 15 is 0 Å². The van der Waals surface area contributed by atoms with Crippen LogP contribution in [0.3, 0.4) is 0 Å². The fourth-order valence-electron chi connectivity index (χ4n) is 2.96. The molecule has 162 valence electrons. The Bertz CT molecular complexity index is 1200. The highest BCUT2D eigenvalue weighted by Gasteiger charge is 2.17. The zero-order chi connectivity index (χ0) is 22.8. The van der Waals surface area contributed by atoms with Gasteiger partial charge in [-0.1, -0.05) is 50.6 Å². The van der Waals surface area contributed by atoms with Crippen molar-refractivity contribution < 1.29 is 13.2 Å². The van der Waals surface area contributed by atoms with Crippen LogP contribution in [0.25, 0.3) is 0 Å². The maximum Gasteiger partial charge on any atom is 0.261 e. The Morgan fingerprint density at radius 2 is 1.52 bits per heavy atom. The van der Waals surface area contributed by atoms with Crippen LogP contribution in [-0.4, -0.2) is 14.3 Å². The minimum atomic E-state index is -3.79. The van der Waals surface area contributed by atoms with Crippen LogP contribution < -0.4 is 10.0 Å². The first kappa shape index (κ1) is 22.8. The Morgan fingerprint density at radius 1 is 0.903 bits per heavy atom. The number of hydrogen-bond donors (Lipinski definition) is 2. The smallest absolute Gasteiger partial charge is 0.261 e. The summed E-state index contributed by atoms with van der Waals surface area (Å²) >= 11 is 6.06. The number of hydrogen-bond acceptors (Lipinski definition) is 3. The molecule has 0 radical (unpaired) electrons. The standard InChI is InChI=1S/C24H25ClN2O3S/c1-16-21(25)6-5-7-22(16)27-31(29,30)20-14-12-19(13-15-20)26-23(28)17-8-10-18(11-9-17)24(2,3)4/h5-15,27H,1-4H3,(H,26,28). The van der Waals surface area contributed by atoms with Gasteiger partial charge < -0.3 is 5.32 Å². The topological polar surface area (TPSA) is 75.3 Å². The largest absolute Gasteiger partial charge is 0.322 e. The number of anilines is 2. The molecule has 0 saturated carbocycles. The molecule has 3 rings (SSSR count). The number of sulfonamides is 1. The Balaban J connectivity index is 1.72. The highest BCUT2D eigenvalue weighted by Crippen LogP contribution is 2.26. The molecule has 2 N–H and O–H groups in total. The minimum Gasteiger partial charge on any atom is -0.322 e. The van der Waals surface area contributed by atoms with Crippen molar-refractivity contribution in [2.75, 3.05) is 10.0 Å². The second kappa shape index (κ2) is 8.73. The first-order valence-corrected chi connectivity index (χ1v) is 11.6. The van der Waals surface area contributed by atoms with Gasteiger partial charge in [0.25, 0.3) is 15.9 Å². The summed E-state index contributed by atoms with van der Waals surface area (Å²) in [4.78, 5) is 12.6. The van der Waals surface area contributed by atoms with Gasteiger partial charge in [-0.2, -0.15) is 0 Å². The summed E-state index contributed by atoms with van der Waals surface area (Å²) in [5.74, 6) is -0.260. The van der Waals surface area contributed by atoms with E-state index in [0.717, 1.165) is 5.56 Å². The second-order valence-corrected chi connectivity index (χ2v) is 10.4. The van der Waals surface area contributed by atoms with Gasteiger partial charge in [0.2, 0.25) is 0 Å². The highest BCUT2D eigenvalue weighted by atomic mass is 35.5. The fourth-order valence-corrected chi connectivity index (χ4v) is 4.26. The summed E-state index contributed by atoms with van der Waals surface area (Å²) in [5, 5.41) is 3.27. The fraction of sp³-hybridized carbons (Fsp3) is 0.208. The lowest BCUT2D eigenvalue weighted by molar-refractivity contribution is 0.102. The summed E-state index contributed by atoms with van der Waals surface area (Å²) in [7, 11) is -3.79. The summed E-state index contributed by atoms with van der Waals surface area (Å²) < 4.78 is 27.9. The van der Waals surface area contributed by atoms with Crippen molar-refractivity contribution in [3.8, 4) is 0 Å². The molecule has 0 aliphatic heterocycles. The number of carbonyl (C=O) groups is 1. The van der Waals surface area contributed by atoms with Crippen molar-refractivity contribution in [3.05, 3.63) is 88.4 Å². The summed E-state index contributed by atoms with van der Waals surface area (Å²) in [6.07, 6.45) is 0. The maximum atomic E-state index is 12.7. The SMILES string of the molecule is Cc1c(Cl)cccc1NS(=O)(=O)c1ccc(NC(=O)c2ccc(C(C)(C)C)cc2)cc1. The second-order valence-electron chi connectivity index (χ2n) is 8.32. The Labute approximate surface area is 188 Å². The first-order valence-electron chi connectivity index (χ1n) is 9.77. The third-order valence-electron chi connectivity index (χ3n) is 4.95. The third kappa shape index (κ3) is 5.46. The summed E-state index contributed by atoms with van der Waals surface area (Å²) in [6, 6.07) is 18.5. The predicted octanol–water partition coefficient (Wildman–Crippen LogP) is 6.00. The van der Waals surface area contributed by atoms with Crippen LogP contribution in [0.15, 0.2) is 71.6 Å². The average molecular weight is 457 g/mol. The van der Waals surface area contributed by atoms with Gasteiger partial charge in [-0.15, -0.1) is 0 Å². The van der Waals surface area contributed by atoms with Crippen LogP contribution in [0, 0.1) is 6.92 Å². The van der Waals surface area contributed by atoms with E-state index in [2.05, 4.69) is 30.8 Å². The highest BCUT2D eigenvalue weighted by molar-refractivity contribution is 7.92. The van der Waals surface area contributed by atoms with Crippen molar-refractivity contribution in [3.63, 3.8) is 0 Å². The summed E-state index contributed by atoms with van der Waals surface area (Å²) in [5.41, 5.74) is 3.25. The van der Waals surface area contributed by atoms with E-state index in [9.17, 15) is 13.2 Å². The molecule has 0 heterocycles. The molecule has 3 aromatic carbocycles. The zero-order valence-corrected chi connectivity index (χ0v) is 19.4. The molecule has 1 amide bonds. The van der Waals surface area contributed by atoms with E-state index in [1.54, 1.807) is 49.4 Å². The lowest BCUT2D eigenvalue weighted by Crippen LogP contribution is -2.15. The normalized spacial score (nSPS) is 11.8. The molecule has 5 nitrogen and oxygen atoms in total. The predicted molar refractivity (Wildman–Crippen MR) is 127 cm³/mol. The number of carbonyl (C=O) groups excluding carboxylic acids is 1. The van der Waals surface area contributed by atoms with Crippen LogP contribution in [0.2, 0.25) is 5.02 Å². The van der Waals surface area contributed by atoms with Crippen molar-refractivity contribution in [2.24, 2.45) is 0 Å². The van der Waals surface area contributed by atoms with Gasteiger partial charge in [-0.05, 0) is 72.0 Å². The first-order chi connectivity index (χ1) is 14.5. The number of halogens is 1. The number of benzene rings is 3. The molecule has 3 aromatic rings. The molecule has 0 unspecified atom stereocenters. The van der Waals surface area contributed by atoms with E-state index in [4.69, 9.17) is 11.6 Å². The molecule has 0 saturated heterocycles. The van der Waals surface area contributed by atoms with Crippen molar-refractivity contribution in [2.45, 2.75) is 38.0 Å². The van der Waals surface area contributed by atoms with Crippen molar-refractivity contribution in [1.29, 1.82) is 0 Å². The quantitative estimate of drug-likeness (QED) is 0.494. The Kier molecular flexibility index (Phi) is 6.43. The van der Waals surface area contributed by atoms with Gasteiger partial charge >= 0.3 is 0 Å². The minimum absolute atomic E-state index is 0.00792. The molecule has 0 aliphatic rings. The average Bonchev–Trinajstić information content (AvgIpc) is 2.71. The van der Waals surface area contributed by atoms with Gasteiger partial charge in [-0.25, -0.2) is 8.42 Å². The lowest BCUT2D eigenvalue weighted by Gasteiger charge is -2.19. The number of rotatable bonds is 5. The molecule has 0 spiro atoms. The molecule has 0 aliphatic carbocycles. The van der Waals surface area contributed by atoms with E-state index < -0.39 is 10.0 Å². The van der Waals surface area contributed by atoms with E-state index in [1.807, 2.05) is 12.1 Å². The molecule has 0 fully saturated rings. The van der Waals surface area contributed by atoms with Crippen LogP contribution in [0.4, 0.5) is 11.4 Å². The van der Waals surface area contributed by atoms with E-state index in [1.165, 1.54) is 12.1 Å². The van der Waals surface area contributed by atoms with Crippen LogP contribution >= 0.6 is 11.6 Å². The van der Waals surface area contributed by atoms with Crippen molar-refractivity contribution >= 4 is 38.9 Å².